The second-order valence-electron chi connectivity index (χ2n) is 6.07. The summed E-state index contributed by atoms with van der Waals surface area (Å²) in [5, 5.41) is 12.0. The lowest BCUT2D eigenvalue weighted by Crippen LogP contribution is -2.30. The number of nitrogens with zero attached hydrogens (tertiary/aromatic N) is 2. The third-order valence-corrected chi connectivity index (χ3v) is 4.55. The molecule has 0 bridgehead atoms. The van der Waals surface area contributed by atoms with Gasteiger partial charge in [0.25, 0.3) is 5.69 Å². The molecule has 0 fully saturated rings. The first-order chi connectivity index (χ1) is 12.0. The van der Waals surface area contributed by atoms with E-state index in [9.17, 15) is 14.9 Å². The lowest BCUT2D eigenvalue weighted by molar-refractivity contribution is -0.384. The molecule has 0 aliphatic carbocycles. The molecule has 0 spiro atoms. The van der Waals surface area contributed by atoms with E-state index in [-0.39, 0.29) is 24.1 Å². The molecule has 0 radical (unpaired) electrons. The van der Waals surface area contributed by atoms with Crippen LogP contribution in [0, 0.1) is 10.1 Å². The molecular formula is C19H19N3O3. The van der Waals surface area contributed by atoms with Crippen LogP contribution in [-0.4, -0.2) is 27.8 Å². The van der Waals surface area contributed by atoms with E-state index in [2.05, 4.69) is 4.98 Å². The minimum Gasteiger partial charge on any atom is -0.361 e. The van der Waals surface area contributed by atoms with Gasteiger partial charge < -0.3 is 9.88 Å². The summed E-state index contributed by atoms with van der Waals surface area (Å²) in [5.74, 6) is -0.0382. The first-order valence-corrected chi connectivity index (χ1v) is 8.02. The number of nitrogens with one attached hydrogen (secondary N) is 1. The van der Waals surface area contributed by atoms with Gasteiger partial charge in [-0.15, -0.1) is 0 Å². The van der Waals surface area contributed by atoms with Gasteiger partial charge in [-0.1, -0.05) is 30.3 Å². The Balaban J connectivity index is 1.77. The Bertz CT molecular complexity index is 932. The van der Waals surface area contributed by atoms with Gasteiger partial charge in [0, 0.05) is 36.3 Å². The van der Waals surface area contributed by atoms with Crippen LogP contribution >= 0.6 is 0 Å². The lowest BCUT2D eigenvalue weighted by Gasteiger charge is -2.25. The second kappa shape index (κ2) is 6.76. The summed E-state index contributed by atoms with van der Waals surface area (Å²) in [6.45, 7) is 1.87. The molecule has 6 nitrogen and oxygen atoms in total. The normalized spacial score (nSPS) is 12.1. The first-order valence-electron chi connectivity index (χ1n) is 8.02. The van der Waals surface area contributed by atoms with Crippen LogP contribution in [0.2, 0.25) is 0 Å². The van der Waals surface area contributed by atoms with Gasteiger partial charge in [-0.05, 0) is 24.1 Å². The van der Waals surface area contributed by atoms with Crippen LogP contribution in [0.4, 0.5) is 5.69 Å². The summed E-state index contributed by atoms with van der Waals surface area (Å²) in [6, 6.07) is 14.0. The summed E-state index contributed by atoms with van der Waals surface area (Å²) >= 11 is 0. The summed E-state index contributed by atoms with van der Waals surface area (Å²) in [5.41, 5.74) is 2.71. The minimum absolute atomic E-state index is 0.0295. The number of fused-ring (bicyclic) bond motifs is 1. The van der Waals surface area contributed by atoms with E-state index >= 15 is 0 Å². The molecule has 2 aromatic carbocycles. The zero-order chi connectivity index (χ0) is 18.0. The van der Waals surface area contributed by atoms with Crippen LogP contribution in [0.25, 0.3) is 10.9 Å². The smallest absolute Gasteiger partial charge is 0.269 e. The SMILES string of the molecule is C[C@@H](c1cccc([N+](=O)[O-])c1)N(C)C(=O)Cc1c[nH]c2ccccc12. The molecule has 1 heterocycles. The third kappa shape index (κ3) is 3.38. The number of nitro groups is 1. The molecule has 0 aliphatic heterocycles. The van der Waals surface area contributed by atoms with Crippen molar-refractivity contribution in [3.63, 3.8) is 0 Å². The molecule has 6 heteroatoms. The Morgan fingerprint density at radius 3 is 2.76 bits per heavy atom. The summed E-state index contributed by atoms with van der Waals surface area (Å²) in [4.78, 5) is 28.0. The van der Waals surface area contributed by atoms with E-state index in [1.807, 2.05) is 37.4 Å². The van der Waals surface area contributed by atoms with Crippen molar-refractivity contribution < 1.29 is 9.72 Å². The van der Waals surface area contributed by atoms with Crippen LogP contribution in [0.5, 0.6) is 0 Å². The molecule has 3 aromatic rings. The van der Waals surface area contributed by atoms with E-state index in [4.69, 9.17) is 0 Å². The molecule has 3 rings (SSSR count). The Kier molecular flexibility index (Phi) is 4.52. The topological polar surface area (TPSA) is 79.2 Å². The average molecular weight is 337 g/mol. The number of carbonyl (C=O) groups is 1. The molecule has 0 aliphatic rings. The van der Waals surface area contributed by atoms with Gasteiger partial charge in [-0.3, -0.25) is 14.9 Å². The number of hydrogen-bond acceptors (Lipinski definition) is 3. The summed E-state index contributed by atoms with van der Waals surface area (Å²) in [7, 11) is 1.72. The van der Waals surface area contributed by atoms with E-state index in [0.717, 1.165) is 22.0 Å². The maximum Gasteiger partial charge on any atom is 0.269 e. The minimum atomic E-state index is -0.427. The standard InChI is InChI=1S/C19H19N3O3/c1-13(14-6-5-7-16(10-14)22(24)25)21(2)19(23)11-15-12-20-18-9-4-3-8-17(15)18/h3-10,12-13,20H,11H2,1-2H3/t13-/m0/s1. The molecule has 1 amide bonds. The van der Waals surface area contributed by atoms with Crippen molar-refractivity contribution in [2.24, 2.45) is 0 Å². The van der Waals surface area contributed by atoms with Crippen molar-refractivity contribution in [3.8, 4) is 0 Å². The number of likely N-dealkylation sites (N-methyl/N-ethyl adjacent to an activating group) is 1. The maximum atomic E-state index is 12.7. The molecule has 0 unspecified atom stereocenters. The van der Waals surface area contributed by atoms with Gasteiger partial charge in [0.15, 0.2) is 0 Å². The number of hydrogen-bond donors (Lipinski definition) is 1. The fraction of sp³-hybridized carbons (Fsp3) is 0.211. The Hall–Kier alpha value is -3.15. The fourth-order valence-corrected chi connectivity index (χ4v) is 2.90. The van der Waals surface area contributed by atoms with Gasteiger partial charge in [0.05, 0.1) is 17.4 Å². The number of H-pyrrole nitrogens is 1. The Labute approximate surface area is 145 Å². The maximum absolute atomic E-state index is 12.7. The number of para-hydroxylation sites is 1. The molecule has 128 valence electrons. The molecule has 0 saturated carbocycles. The fourth-order valence-electron chi connectivity index (χ4n) is 2.90. The van der Waals surface area contributed by atoms with Crippen LogP contribution in [-0.2, 0) is 11.2 Å². The number of non-ortho nitro benzene ring substituents is 1. The molecule has 1 aromatic heterocycles. The highest BCUT2D eigenvalue weighted by atomic mass is 16.6. The number of amides is 1. The van der Waals surface area contributed by atoms with Gasteiger partial charge >= 0.3 is 0 Å². The van der Waals surface area contributed by atoms with Crippen LogP contribution in [0.15, 0.2) is 54.7 Å². The van der Waals surface area contributed by atoms with Crippen molar-refractivity contribution in [1.82, 2.24) is 9.88 Å². The number of benzene rings is 2. The van der Waals surface area contributed by atoms with Gasteiger partial charge in [-0.2, -0.15) is 0 Å². The highest BCUT2D eigenvalue weighted by Crippen LogP contribution is 2.24. The predicted octanol–water partition coefficient (Wildman–Crippen LogP) is 3.84. The number of nitro benzene ring substituents is 1. The molecule has 0 saturated heterocycles. The zero-order valence-electron chi connectivity index (χ0n) is 14.1. The molecule has 25 heavy (non-hydrogen) atoms. The van der Waals surface area contributed by atoms with Crippen LogP contribution in [0.3, 0.4) is 0 Å². The Morgan fingerprint density at radius 1 is 1.24 bits per heavy atom. The summed E-state index contributed by atoms with van der Waals surface area (Å²) in [6.07, 6.45) is 2.13. The summed E-state index contributed by atoms with van der Waals surface area (Å²) < 4.78 is 0. The van der Waals surface area contributed by atoms with Crippen molar-refractivity contribution in [2.75, 3.05) is 7.05 Å². The van der Waals surface area contributed by atoms with Crippen molar-refractivity contribution in [2.45, 2.75) is 19.4 Å². The number of aromatic nitrogens is 1. The zero-order valence-corrected chi connectivity index (χ0v) is 14.1. The first kappa shape index (κ1) is 16.7. The molecular weight excluding hydrogens is 318 g/mol. The molecule has 1 N–H and O–H groups in total. The lowest BCUT2D eigenvalue weighted by atomic mass is 10.0. The quantitative estimate of drug-likeness (QED) is 0.567. The van der Waals surface area contributed by atoms with Gasteiger partial charge in [0.2, 0.25) is 5.91 Å². The number of rotatable bonds is 5. The average Bonchev–Trinajstić information content (AvgIpc) is 3.03. The third-order valence-electron chi connectivity index (χ3n) is 4.55. The number of carbonyl (C=O) groups excluding carboxylic acids is 1. The Morgan fingerprint density at radius 2 is 2.00 bits per heavy atom. The predicted molar refractivity (Wildman–Crippen MR) is 96.3 cm³/mol. The number of aromatic amines is 1. The highest BCUT2D eigenvalue weighted by molar-refractivity contribution is 5.88. The van der Waals surface area contributed by atoms with Crippen LogP contribution in [0.1, 0.15) is 24.1 Å². The largest absolute Gasteiger partial charge is 0.361 e. The van der Waals surface area contributed by atoms with Gasteiger partial charge in [-0.25, -0.2) is 0 Å². The van der Waals surface area contributed by atoms with Crippen molar-refractivity contribution in [3.05, 3.63) is 76.0 Å². The van der Waals surface area contributed by atoms with Crippen molar-refractivity contribution in [1.29, 1.82) is 0 Å². The van der Waals surface area contributed by atoms with Crippen molar-refractivity contribution >= 4 is 22.5 Å². The van der Waals surface area contributed by atoms with E-state index in [0.29, 0.717) is 0 Å². The highest BCUT2D eigenvalue weighted by Gasteiger charge is 2.20. The molecule has 1 atom stereocenters. The van der Waals surface area contributed by atoms with E-state index < -0.39 is 4.92 Å². The second-order valence-corrected chi connectivity index (χ2v) is 6.07. The monoisotopic (exact) mass is 337 g/mol. The van der Waals surface area contributed by atoms with Gasteiger partial charge in [0.1, 0.15) is 0 Å². The van der Waals surface area contributed by atoms with Crippen LogP contribution < -0.4 is 0 Å². The van der Waals surface area contributed by atoms with E-state index in [1.54, 1.807) is 24.1 Å². The van der Waals surface area contributed by atoms with E-state index in [1.165, 1.54) is 12.1 Å².